The van der Waals surface area contributed by atoms with E-state index >= 15 is 0 Å². The third-order valence-corrected chi connectivity index (χ3v) is 5.37. The van der Waals surface area contributed by atoms with Crippen LogP contribution >= 0.6 is 0 Å². The molecular weight excluding hydrogens is 282 g/mol. The summed E-state index contributed by atoms with van der Waals surface area (Å²) < 4.78 is 13.7. The van der Waals surface area contributed by atoms with E-state index in [4.69, 9.17) is 0 Å². The molecule has 3 rings (SSSR count). The number of aromatic nitrogens is 2. The molecule has 0 bridgehead atoms. The lowest BCUT2D eigenvalue weighted by atomic mass is 9.98. The van der Waals surface area contributed by atoms with Crippen LogP contribution in [-0.2, 0) is 23.8 Å². The summed E-state index contributed by atoms with van der Waals surface area (Å²) in [6.07, 6.45) is 7.80. The van der Waals surface area contributed by atoms with E-state index in [2.05, 4.69) is 33.1 Å². The molecule has 2 heterocycles. The first-order chi connectivity index (χ1) is 10.2. The number of fused-ring (bicyclic) bond motifs is 1. The SMILES string of the molecule is CC(Cn1cncc1-c1cccc2c1NCCC2)S(C)=O. The molecule has 1 N–H and O–H groups in total. The van der Waals surface area contributed by atoms with Gasteiger partial charge < -0.3 is 9.88 Å². The van der Waals surface area contributed by atoms with Crippen molar-refractivity contribution in [3.8, 4) is 11.3 Å². The minimum absolute atomic E-state index is 0.116. The molecule has 0 aliphatic carbocycles. The fraction of sp³-hybridized carbons (Fsp3) is 0.438. The van der Waals surface area contributed by atoms with Gasteiger partial charge in [-0.3, -0.25) is 4.21 Å². The van der Waals surface area contributed by atoms with Gasteiger partial charge in [-0.05, 0) is 25.3 Å². The van der Waals surface area contributed by atoms with Gasteiger partial charge in [0.1, 0.15) is 0 Å². The van der Waals surface area contributed by atoms with Gasteiger partial charge >= 0.3 is 0 Å². The molecule has 1 aromatic carbocycles. The summed E-state index contributed by atoms with van der Waals surface area (Å²) in [5.74, 6) is 0. The predicted octanol–water partition coefficient (Wildman–Crippen LogP) is 2.68. The van der Waals surface area contributed by atoms with E-state index in [0.717, 1.165) is 25.2 Å². The Hall–Kier alpha value is -1.62. The van der Waals surface area contributed by atoms with Crippen molar-refractivity contribution in [3.05, 3.63) is 36.3 Å². The summed E-state index contributed by atoms with van der Waals surface area (Å²) in [5, 5.41) is 3.64. The van der Waals surface area contributed by atoms with E-state index in [1.54, 1.807) is 6.26 Å². The minimum Gasteiger partial charge on any atom is -0.384 e. The van der Waals surface area contributed by atoms with Gasteiger partial charge in [0.05, 0.1) is 18.2 Å². The van der Waals surface area contributed by atoms with Crippen LogP contribution in [0.4, 0.5) is 5.69 Å². The molecule has 0 saturated carbocycles. The van der Waals surface area contributed by atoms with Crippen LogP contribution in [0.15, 0.2) is 30.7 Å². The zero-order valence-electron chi connectivity index (χ0n) is 12.5. The number of anilines is 1. The summed E-state index contributed by atoms with van der Waals surface area (Å²) in [6.45, 7) is 3.76. The molecule has 1 aliphatic rings. The van der Waals surface area contributed by atoms with Crippen LogP contribution in [-0.4, -0.2) is 31.8 Å². The number of aryl methyl sites for hydroxylation is 1. The lowest BCUT2D eigenvalue weighted by Crippen LogP contribution is -2.18. The Morgan fingerprint density at radius 3 is 3.14 bits per heavy atom. The van der Waals surface area contributed by atoms with Crippen LogP contribution in [0.5, 0.6) is 0 Å². The van der Waals surface area contributed by atoms with Gasteiger partial charge in [-0.2, -0.15) is 0 Å². The Morgan fingerprint density at radius 1 is 1.48 bits per heavy atom. The Morgan fingerprint density at radius 2 is 2.33 bits per heavy atom. The summed E-state index contributed by atoms with van der Waals surface area (Å²) in [7, 11) is -0.826. The minimum atomic E-state index is -0.826. The molecule has 1 aromatic heterocycles. The quantitative estimate of drug-likeness (QED) is 0.944. The maximum absolute atomic E-state index is 11.6. The highest BCUT2D eigenvalue weighted by atomic mass is 32.2. The number of hydrogen-bond donors (Lipinski definition) is 1. The van der Waals surface area contributed by atoms with E-state index in [0.29, 0.717) is 0 Å². The van der Waals surface area contributed by atoms with Crippen LogP contribution in [0, 0.1) is 0 Å². The zero-order valence-corrected chi connectivity index (χ0v) is 13.3. The lowest BCUT2D eigenvalue weighted by molar-refractivity contribution is 0.645. The fourth-order valence-electron chi connectivity index (χ4n) is 2.80. The van der Waals surface area contributed by atoms with Crippen molar-refractivity contribution in [2.24, 2.45) is 0 Å². The largest absolute Gasteiger partial charge is 0.384 e. The third kappa shape index (κ3) is 2.88. The van der Waals surface area contributed by atoms with Gasteiger partial charge in [0, 0.05) is 46.6 Å². The highest BCUT2D eigenvalue weighted by molar-refractivity contribution is 7.84. The molecule has 2 unspecified atom stereocenters. The molecular formula is C16H21N3OS. The highest BCUT2D eigenvalue weighted by Gasteiger charge is 2.17. The van der Waals surface area contributed by atoms with Gasteiger partial charge in [-0.1, -0.05) is 18.2 Å². The van der Waals surface area contributed by atoms with Crippen molar-refractivity contribution in [3.63, 3.8) is 0 Å². The number of benzene rings is 1. The second kappa shape index (κ2) is 6.02. The molecule has 0 spiro atoms. The van der Waals surface area contributed by atoms with Gasteiger partial charge in [-0.15, -0.1) is 0 Å². The van der Waals surface area contributed by atoms with Crippen molar-refractivity contribution in [2.45, 2.75) is 31.6 Å². The highest BCUT2D eigenvalue weighted by Crippen LogP contribution is 2.33. The van der Waals surface area contributed by atoms with Gasteiger partial charge in [0.15, 0.2) is 0 Å². The van der Waals surface area contributed by atoms with Gasteiger partial charge in [-0.25, -0.2) is 4.98 Å². The van der Waals surface area contributed by atoms with Crippen molar-refractivity contribution in [1.29, 1.82) is 0 Å². The second-order valence-corrected chi connectivity index (χ2v) is 7.41. The van der Waals surface area contributed by atoms with Gasteiger partial charge in [0.25, 0.3) is 0 Å². The third-order valence-electron chi connectivity index (χ3n) is 4.08. The lowest BCUT2D eigenvalue weighted by Gasteiger charge is -2.22. The molecule has 4 nitrogen and oxygen atoms in total. The fourth-order valence-corrected chi connectivity index (χ4v) is 3.17. The number of nitrogens with one attached hydrogen (secondary N) is 1. The molecule has 2 atom stereocenters. The molecule has 0 amide bonds. The molecule has 0 fully saturated rings. The normalized spacial score (nSPS) is 16.9. The molecule has 1 aliphatic heterocycles. The van der Waals surface area contributed by atoms with Crippen molar-refractivity contribution >= 4 is 16.5 Å². The molecule has 5 heteroatoms. The zero-order chi connectivity index (χ0) is 14.8. The van der Waals surface area contributed by atoms with Gasteiger partial charge in [0.2, 0.25) is 0 Å². The number of hydrogen-bond acceptors (Lipinski definition) is 3. The monoisotopic (exact) mass is 303 g/mol. The van der Waals surface area contributed by atoms with Crippen LogP contribution in [0.2, 0.25) is 0 Å². The first-order valence-electron chi connectivity index (χ1n) is 7.35. The number of para-hydroxylation sites is 1. The Bertz CT molecular complexity index is 665. The molecule has 0 radical (unpaired) electrons. The number of rotatable bonds is 4. The van der Waals surface area contributed by atoms with E-state index in [1.165, 1.54) is 23.2 Å². The first kappa shape index (κ1) is 14.3. The average Bonchev–Trinajstić information content (AvgIpc) is 2.94. The number of imidazole rings is 1. The maximum Gasteiger partial charge on any atom is 0.0951 e. The standard InChI is InChI=1S/C16H21N3OS/c1-12(21(2)20)10-19-11-17-9-15(19)14-7-3-5-13-6-4-8-18-16(13)14/h3,5,7,9,11-12,18H,4,6,8,10H2,1-2H3. The molecule has 112 valence electrons. The van der Waals surface area contributed by atoms with Crippen LogP contribution < -0.4 is 5.32 Å². The van der Waals surface area contributed by atoms with E-state index in [-0.39, 0.29) is 5.25 Å². The van der Waals surface area contributed by atoms with Crippen LogP contribution in [0.25, 0.3) is 11.3 Å². The Balaban J connectivity index is 1.98. The van der Waals surface area contributed by atoms with E-state index < -0.39 is 10.8 Å². The summed E-state index contributed by atoms with van der Waals surface area (Å²) in [6, 6.07) is 6.44. The summed E-state index contributed by atoms with van der Waals surface area (Å²) in [5.41, 5.74) is 4.90. The van der Waals surface area contributed by atoms with E-state index in [9.17, 15) is 4.21 Å². The van der Waals surface area contributed by atoms with Crippen molar-refractivity contribution < 1.29 is 4.21 Å². The van der Waals surface area contributed by atoms with Crippen LogP contribution in [0.1, 0.15) is 18.9 Å². The number of nitrogens with zero attached hydrogens (tertiary/aromatic N) is 2. The topological polar surface area (TPSA) is 46.9 Å². The van der Waals surface area contributed by atoms with E-state index in [1.807, 2.05) is 19.4 Å². The molecule has 0 saturated heterocycles. The Labute approximate surface area is 128 Å². The Kier molecular flexibility index (Phi) is 4.10. The van der Waals surface area contributed by atoms with Crippen molar-refractivity contribution in [2.75, 3.05) is 18.1 Å². The van der Waals surface area contributed by atoms with Crippen LogP contribution in [0.3, 0.4) is 0 Å². The summed E-state index contributed by atoms with van der Waals surface area (Å²) >= 11 is 0. The second-order valence-electron chi connectivity index (χ2n) is 5.61. The molecule has 21 heavy (non-hydrogen) atoms. The maximum atomic E-state index is 11.6. The predicted molar refractivity (Wildman–Crippen MR) is 88.0 cm³/mol. The van der Waals surface area contributed by atoms with Crippen molar-refractivity contribution in [1.82, 2.24) is 9.55 Å². The first-order valence-corrected chi connectivity index (χ1v) is 8.97. The smallest absolute Gasteiger partial charge is 0.0951 e. The molecule has 2 aromatic rings. The summed E-state index contributed by atoms with van der Waals surface area (Å²) in [4.78, 5) is 4.30. The average molecular weight is 303 g/mol.